The van der Waals surface area contributed by atoms with Crippen LogP contribution in [0, 0.1) is 0 Å². The fourth-order valence-electron chi connectivity index (χ4n) is 1.96. The first-order valence-corrected chi connectivity index (χ1v) is 5.43. The number of hydrogen-bond donors (Lipinski definition) is 1. The van der Waals surface area contributed by atoms with Gasteiger partial charge >= 0.3 is 0 Å². The average Bonchev–Trinajstić information content (AvgIpc) is 2.31. The molecule has 0 atom stereocenters. The Balaban J connectivity index is 2.11. The highest BCUT2D eigenvalue weighted by atomic mass is 16.7. The number of rotatable bonds is 4. The molecular formula is C12H18N2O3. The highest BCUT2D eigenvalue weighted by molar-refractivity contribution is 5.63. The minimum Gasteiger partial charge on any atom is -0.495 e. The zero-order valence-corrected chi connectivity index (χ0v) is 10.4. The summed E-state index contributed by atoms with van der Waals surface area (Å²) in [6.07, 6.45) is 0. The van der Waals surface area contributed by atoms with Crippen LogP contribution in [-0.2, 0) is 9.47 Å². The summed E-state index contributed by atoms with van der Waals surface area (Å²) < 4.78 is 15.9. The second kappa shape index (κ2) is 4.43. The van der Waals surface area contributed by atoms with Crippen LogP contribution in [0.15, 0.2) is 18.2 Å². The number of nitrogens with two attached hydrogens (primary N) is 1. The Kier molecular flexibility index (Phi) is 3.13. The van der Waals surface area contributed by atoms with Crippen LogP contribution < -0.4 is 15.4 Å². The van der Waals surface area contributed by atoms with Crippen LogP contribution in [0.25, 0.3) is 0 Å². The number of ether oxygens (including phenoxy) is 3. The first kappa shape index (κ1) is 12.0. The number of anilines is 2. The SMILES string of the molecule is COc1cc(N2CC(OC)(OC)C2)ccc1N. The molecule has 0 aromatic heterocycles. The van der Waals surface area contributed by atoms with Gasteiger partial charge in [0.1, 0.15) is 5.75 Å². The largest absolute Gasteiger partial charge is 0.495 e. The normalized spacial score (nSPS) is 17.7. The third kappa shape index (κ3) is 2.03. The smallest absolute Gasteiger partial charge is 0.203 e. The third-order valence-electron chi connectivity index (χ3n) is 3.19. The van der Waals surface area contributed by atoms with Crippen molar-refractivity contribution in [2.75, 3.05) is 45.1 Å². The van der Waals surface area contributed by atoms with E-state index in [0.717, 1.165) is 5.69 Å². The Bertz CT molecular complexity index is 397. The first-order valence-electron chi connectivity index (χ1n) is 5.43. The molecule has 2 N–H and O–H groups in total. The van der Waals surface area contributed by atoms with Crippen molar-refractivity contribution in [3.05, 3.63) is 18.2 Å². The molecule has 0 amide bonds. The maximum atomic E-state index is 5.77. The number of methoxy groups -OCH3 is 3. The Labute approximate surface area is 101 Å². The van der Waals surface area contributed by atoms with Crippen LogP contribution >= 0.6 is 0 Å². The monoisotopic (exact) mass is 238 g/mol. The van der Waals surface area contributed by atoms with Gasteiger partial charge in [0.15, 0.2) is 0 Å². The summed E-state index contributed by atoms with van der Waals surface area (Å²) in [5, 5.41) is 0. The lowest BCUT2D eigenvalue weighted by molar-refractivity contribution is -0.219. The molecule has 1 heterocycles. The summed E-state index contributed by atoms with van der Waals surface area (Å²) in [6, 6.07) is 5.73. The van der Waals surface area contributed by atoms with E-state index in [-0.39, 0.29) is 0 Å². The average molecular weight is 238 g/mol. The van der Waals surface area contributed by atoms with Crippen molar-refractivity contribution in [2.24, 2.45) is 0 Å². The molecule has 5 nitrogen and oxygen atoms in total. The summed E-state index contributed by atoms with van der Waals surface area (Å²) in [4.78, 5) is 2.15. The highest BCUT2D eigenvalue weighted by Gasteiger charge is 2.44. The van der Waals surface area contributed by atoms with Crippen molar-refractivity contribution in [2.45, 2.75) is 5.79 Å². The molecule has 2 rings (SSSR count). The van der Waals surface area contributed by atoms with Crippen LogP contribution in [-0.4, -0.2) is 40.2 Å². The molecular weight excluding hydrogens is 220 g/mol. The molecule has 1 aromatic carbocycles. The molecule has 1 aliphatic rings. The molecule has 0 unspecified atom stereocenters. The number of nitrogens with zero attached hydrogens (tertiary/aromatic N) is 1. The molecule has 1 saturated heterocycles. The van der Waals surface area contributed by atoms with E-state index in [1.165, 1.54) is 0 Å². The van der Waals surface area contributed by atoms with Gasteiger partial charge in [0.2, 0.25) is 5.79 Å². The van der Waals surface area contributed by atoms with E-state index in [9.17, 15) is 0 Å². The van der Waals surface area contributed by atoms with Gasteiger partial charge < -0.3 is 24.8 Å². The first-order chi connectivity index (χ1) is 8.14. The van der Waals surface area contributed by atoms with Crippen LogP contribution in [0.2, 0.25) is 0 Å². The maximum Gasteiger partial charge on any atom is 0.203 e. The lowest BCUT2D eigenvalue weighted by Crippen LogP contribution is -2.64. The Morgan fingerprint density at radius 2 is 1.82 bits per heavy atom. The molecule has 5 heteroatoms. The van der Waals surface area contributed by atoms with E-state index in [2.05, 4.69) is 4.90 Å². The van der Waals surface area contributed by atoms with Gasteiger partial charge in [-0.3, -0.25) is 0 Å². The molecule has 0 radical (unpaired) electrons. The van der Waals surface area contributed by atoms with Crippen molar-refractivity contribution in [1.29, 1.82) is 0 Å². The van der Waals surface area contributed by atoms with Gasteiger partial charge in [-0.25, -0.2) is 0 Å². The highest BCUT2D eigenvalue weighted by Crippen LogP contribution is 2.34. The summed E-state index contributed by atoms with van der Waals surface area (Å²) in [6.45, 7) is 1.40. The molecule has 0 aliphatic carbocycles. The van der Waals surface area contributed by atoms with E-state index in [4.69, 9.17) is 19.9 Å². The van der Waals surface area contributed by atoms with Crippen molar-refractivity contribution in [1.82, 2.24) is 0 Å². The van der Waals surface area contributed by atoms with Crippen molar-refractivity contribution < 1.29 is 14.2 Å². The van der Waals surface area contributed by atoms with Crippen LogP contribution in [0.4, 0.5) is 11.4 Å². The zero-order chi connectivity index (χ0) is 12.5. The number of benzene rings is 1. The van der Waals surface area contributed by atoms with Gasteiger partial charge in [-0.15, -0.1) is 0 Å². The molecule has 0 spiro atoms. The standard InChI is InChI=1S/C12H18N2O3/c1-15-11-6-9(4-5-10(11)13)14-7-12(8-14,16-2)17-3/h4-6H,7-8,13H2,1-3H3. The third-order valence-corrected chi connectivity index (χ3v) is 3.19. The summed E-state index contributed by atoms with van der Waals surface area (Å²) in [5.41, 5.74) is 7.47. The minimum absolute atomic E-state index is 0.478. The lowest BCUT2D eigenvalue weighted by atomic mass is 10.1. The molecule has 1 fully saturated rings. The maximum absolute atomic E-state index is 5.77. The van der Waals surface area contributed by atoms with Crippen LogP contribution in [0.1, 0.15) is 0 Å². The fourth-order valence-corrected chi connectivity index (χ4v) is 1.96. The van der Waals surface area contributed by atoms with E-state index in [1.807, 2.05) is 18.2 Å². The van der Waals surface area contributed by atoms with Crippen molar-refractivity contribution >= 4 is 11.4 Å². The zero-order valence-electron chi connectivity index (χ0n) is 10.4. The quantitative estimate of drug-likeness (QED) is 0.628. The lowest BCUT2D eigenvalue weighted by Gasteiger charge is -2.48. The topological polar surface area (TPSA) is 57.0 Å². The predicted molar refractivity (Wildman–Crippen MR) is 66.4 cm³/mol. The predicted octanol–water partition coefficient (Wildman–Crippen LogP) is 1.09. The molecule has 1 aliphatic heterocycles. The van der Waals surface area contributed by atoms with E-state index >= 15 is 0 Å². The second-order valence-electron chi connectivity index (χ2n) is 4.10. The van der Waals surface area contributed by atoms with E-state index in [0.29, 0.717) is 24.5 Å². The summed E-state index contributed by atoms with van der Waals surface area (Å²) >= 11 is 0. The molecule has 0 bridgehead atoms. The Hall–Kier alpha value is -1.46. The van der Waals surface area contributed by atoms with Gasteiger partial charge in [-0.05, 0) is 12.1 Å². The number of hydrogen-bond acceptors (Lipinski definition) is 5. The van der Waals surface area contributed by atoms with E-state index < -0.39 is 5.79 Å². The van der Waals surface area contributed by atoms with Crippen LogP contribution in [0.5, 0.6) is 5.75 Å². The second-order valence-corrected chi connectivity index (χ2v) is 4.10. The van der Waals surface area contributed by atoms with Crippen molar-refractivity contribution in [3.8, 4) is 5.75 Å². The van der Waals surface area contributed by atoms with Gasteiger partial charge in [-0.2, -0.15) is 0 Å². The molecule has 94 valence electrons. The minimum atomic E-state index is -0.478. The Morgan fingerprint density at radius 3 is 2.35 bits per heavy atom. The number of nitrogen functional groups attached to an aromatic ring is 1. The Morgan fingerprint density at radius 1 is 1.18 bits per heavy atom. The fraction of sp³-hybridized carbons (Fsp3) is 0.500. The van der Waals surface area contributed by atoms with E-state index in [1.54, 1.807) is 21.3 Å². The summed E-state index contributed by atoms with van der Waals surface area (Å²) in [7, 11) is 4.93. The molecule has 17 heavy (non-hydrogen) atoms. The van der Waals surface area contributed by atoms with Gasteiger partial charge in [0.05, 0.1) is 25.9 Å². The summed E-state index contributed by atoms with van der Waals surface area (Å²) in [5.74, 6) is 0.212. The van der Waals surface area contributed by atoms with Crippen LogP contribution in [0.3, 0.4) is 0 Å². The van der Waals surface area contributed by atoms with Gasteiger partial charge in [-0.1, -0.05) is 0 Å². The van der Waals surface area contributed by atoms with Gasteiger partial charge in [0, 0.05) is 26.0 Å². The molecule has 0 saturated carbocycles. The van der Waals surface area contributed by atoms with Gasteiger partial charge in [0.25, 0.3) is 0 Å². The van der Waals surface area contributed by atoms with Crippen molar-refractivity contribution in [3.63, 3.8) is 0 Å². The molecule has 1 aromatic rings.